The summed E-state index contributed by atoms with van der Waals surface area (Å²) in [5.41, 5.74) is 2.16. The first-order valence-electron chi connectivity index (χ1n) is 7.53. The molecule has 0 saturated carbocycles. The number of nitrogens with one attached hydrogen (secondary N) is 1. The van der Waals surface area contributed by atoms with Crippen LogP contribution in [0, 0.1) is 6.92 Å². The topological polar surface area (TPSA) is 42.0 Å². The first-order chi connectivity index (χ1) is 11.2. The van der Waals surface area contributed by atoms with Gasteiger partial charge in [-0.3, -0.25) is 4.79 Å². The molecule has 2 heterocycles. The minimum atomic E-state index is 0.0806. The third-order valence-corrected chi connectivity index (χ3v) is 5.38. The summed E-state index contributed by atoms with van der Waals surface area (Å²) >= 11 is 3.37. The molecule has 1 amide bonds. The van der Waals surface area contributed by atoms with Crippen molar-refractivity contribution < 1.29 is 4.79 Å². The zero-order valence-corrected chi connectivity index (χ0v) is 14.5. The number of carbonyl (C=O) groups excluding carboxylic acids is 1. The molecule has 23 heavy (non-hydrogen) atoms. The summed E-state index contributed by atoms with van der Waals surface area (Å²) in [5.74, 6) is 0.0806. The van der Waals surface area contributed by atoms with Gasteiger partial charge in [0.05, 0.1) is 15.6 Å². The second-order valence-electron chi connectivity index (χ2n) is 5.24. The van der Waals surface area contributed by atoms with Gasteiger partial charge in [-0.1, -0.05) is 36.4 Å². The standard InChI is InChI=1S/C18H18N2OS2/c1-13-20-18(15-8-5-11-22-15)16(23-13)9-10-17(21)19-12-14-6-3-2-4-7-14/h2-8,11H,9-10,12H2,1H3,(H,19,21). The maximum absolute atomic E-state index is 12.1. The molecule has 3 nitrogen and oxygen atoms in total. The molecule has 5 heteroatoms. The number of benzene rings is 1. The molecular formula is C18H18N2OS2. The van der Waals surface area contributed by atoms with Crippen LogP contribution in [0.3, 0.4) is 0 Å². The largest absolute Gasteiger partial charge is 0.352 e. The zero-order chi connectivity index (χ0) is 16.1. The van der Waals surface area contributed by atoms with Crippen molar-refractivity contribution in [3.63, 3.8) is 0 Å². The van der Waals surface area contributed by atoms with E-state index in [0.717, 1.165) is 22.7 Å². The van der Waals surface area contributed by atoms with E-state index in [4.69, 9.17) is 0 Å². The lowest BCUT2D eigenvalue weighted by atomic mass is 10.2. The number of hydrogen-bond acceptors (Lipinski definition) is 4. The number of aromatic nitrogens is 1. The highest BCUT2D eigenvalue weighted by atomic mass is 32.1. The van der Waals surface area contributed by atoms with Gasteiger partial charge < -0.3 is 5.32 Å². The van der Waals surface area contributed by atoms with Crippen LogP contribution >= 0.6 is 22.7 Å². The van der Waals surface area contributed by atoms with E-state index < -0.39 is 0 Å². The molecule has 0 atom stereocenters. The number of rotatable bonds is 6. The number of hydrogen-bond donors (Lipinski definition) is 1. The Kier molecular flexibility index (Phi) is 5.20. The average molecular weight is 342 g/mol. The molecule has 2 aromatic heterocycles. The Morgan fingerprint density at radius 3 is 2.74 bits per heavy atom. The second kappa shape index (κ2) is 7.53. The Morgan fingerprint density at radius 2 is 2.00 bits per heavy atom. The highest BCUT2D eigenvalue weighted by Gasteiger charge is 2.13. The maximum Gasteiger partial charge on any atom is 0.220 e. The van der Waals surface area contributed by atoms with Gasteiger partial charge in [0, 0.05) is 17.8 Å². The summed E-state index contributed by atoms with van der Waals surface area (Å²) in [6.45, 7) is 2.60. The highest BCUT2D eigenvalue weighted by Crippen LogP contribution is 2.31. The highest BCUT2D eigenvalue weighted by molar-refractivity contribution is 7.15. The van der Waals surface area contributed by atoms with Crippen LogP contribution in [0.15, 0.2) is 47.8 Å². The predicted molar refractivity (Wildman–Crippen MR) is 96.8 cm³/mol. The Bertz CT molecular complexity index is 764. The van der Waals surface area contributed by atoms with Gasteiger partial charge in [-0.25, -0.2) is 4.98 Å². The van der Waals surface area contributed by atoms with E-state index >= 15 is 0 Å². The van der Waals surface area contributed by atoms with E-state index in [1.807, 2.05) is 43.3 Å². The molecule has 0 fully saturated rings. The summed E-state index contributed by atoms with van der Waals surface area (Å²) in [4.78, 5) is 19.1. The Labute approximate surface area is 144 Å². The van der Waals surface area contributed by atoms with Crippen molar-refractivity contribution in [3.05, 3.63) is 63.3 Å². The normalized spacial score (nSPS) is 10.7. The lowest BCUT2D eigenvalue weighted by Crippen LogP contribution is -2.22. The van der Waals surface area contributed by atoms with Crippen molar-refractivity contribution in [1.82, 2.24) is 10.3 Å². The van der Waals surface area contributed by atoms with Gasteiger partial charge in [0.15, 0.2) is 0 Å². The van der Waals surface area contributed by atoms with Gasteiger partial charge in [0.25, 0.3) is 0 Å². The molecule has 3 rings (SSSR count). The van der Waals surface area contributed by atoms with Gasteiger partial charge in [-0.05, 0) is 30.4 Å². The van der Waals surface area contributed by atoms with Crippen molar-refractivity contribution >= 4 is 28.6 Å². The first-order valence-corrected chi connectivity index (χ1v) is 9.23. The predicted octanol–water partition coefficient (Wildman–Crippen LogP) is 4.43. The lowest BCUT2D eigenvalue weighted by molar-refractivity contribution is -0.121. The van der Waals surface area contributed by atoms with Gasteiger partial charge >= 0.3 is 0 Å². The van der Waals surface area contributed by atoms with Gasteiger partial charge in [-0.15, -0.1) is 22.7 Å². The van der Waals surface area contributed by atoms with Crippen LogP contribution in [0.25, 0.3) is 10.6 Å². The SMILES string of the molecule is Cc1nc(-c2cccs2)c(CCC(=O)NCc2ccccc2)s1. The van der Waals surface area contributed by atoms with Crippen molar-refractivity contribution in [2.75, 3.05) is 0 Å². The van der Waals surface area contributed by atoms with Gasteiger partial charge in [0.2, 0.25) is 5.91 Å². The van der Waals surface area contributed by atoms with E-state index in [1.165, 1.54) is 9.75 Å². The van der Waals surface area contributed by atoms with Gasteiger partial charge in [-0.2, -0.15) is 0 Å². The van der Waals surface area contributed by atoms with Crippen LogP contribution in [-0.4, -0.2) is 10.9 Å². The van der Waals surface area contributed by atoms with E-state index in [-0.39, 0.29) is 5.91 Å². The van der Waals surface area contributed by atoms with Crippen LogP contribution in [0.4, 0.5) is 0 Å². The van der Waals surface area contributed by atoms with Crippen LogP contribution in [-0.2, 0) is 17.8 Å². The van der Waals surface area contributed by atoms with Crippen molar-refractivity contribution in [2.45, 2.75) is 26.3 Å². The van der Waals surface area contributed by atoms with Crippen molar-refractivity contribution in [2.24, 2.45) is 0 Å². The van der Waals surface area contributed by atoms with E-state index in [2.05, 4.69) is 21.7 Å². The Balaban J connectivity index is 1.57. The molecule has 0 spiro atoms. The monoisotopic (exact) mass is 342 g/mol. The molecule has 0 bridgehead atoms. The molecule has 118 valence electrons. The Morgan fingerprint density at radius 1 is 1.17 bits per heavy atom. The molecule has 0 aliphatic carbocycles. The van der Waals surface area contributed by atoms with Gasteiger partial charge in [0.1, 0.15) is 0 Å². The Hall–Kier alpha value is -1.98. The van der Waals surface area contributed by atoms with E-state index in [1.54, 1.807) is 22.7 Å². The number of aryl methyl sites for hydroxylation is 2. The summed E-state index contributed by atoms with van der Waals surface area (Å²) in [6.07, 6.45) is 1.23. The molecule has 3 aromatic rings. The number of thiazole rings is 1. The first kappa shape index (κ1) is 15.9. The van der Waals surface area contributed by atoms with Crippen molar-refractivity contribution in [1.29, 1.82) is 0 Å². The molecule has 0 aliphatic heterocycles. The summed E-state index contributed by atoms with van der Waals surface area (Å²) in [6, 6.07) is 14.1. The fraction of sp³-hybridized carbons (Fsp3) is 0.222. The van der Waals surface area contributed by atoms with Crippen LogP contribution in [0.1, 0.15) is 21.9 Å². The van der Waals surface area contributed by atoms with Crippen LogP contribution in [0.2, 0.25) is 0 Å². The number of thiophene rings is 1. The fourth-order valence-corrected chi connectivity index (χ4v) is 4.11. The molecular weight excluding hydrogens is 324 g/mol. The molecule has 0 aliphatic rings. The lowest BCUT2D eigenvalue weighted by Gasteiger charge is -2.05. The minimum absolute atomic E-state index is 0.0806. The molecule has 0 unspecified atom stereocenters. The second-order valence-corrected chi connectivity index (χ2v) is 7.48. The molecule has 1 N–H and O–H groups in total. The molecule has 0 radical (unpaired) electrons. The van der Waals surface area contributed by atoms with Crippen LogP contribution in [0.5, 0.6) is 0 Å². The van der Waals surface area contributed by atoms with Crippen molar-refractivity contribution in [3.8, 4) is 10.6 Å². The molecule has 1 aromatic carbocycles. The summed E-state index contributed by atoms with van der Waals surface area (Å²) in [7, 11) is 0. The number of nitrogens with zero attached hydrogens (tertiary/aromatic N) is 1. The quantitative estimate of drug-likeness (QED) is 0.720. The van der Waals surface area contributed by atoms with E-state index in [9.17, 15) is 4.79 Å². The maximum atomic E-state index is 12.1. The third kappa shape index (κ3) is 4.27. The summed E-state index contributed by atoms with van der Waals surface area (Å²) in [5, 5.41) is 6.08. The zero-order valence-electron chi connectivity index (χ0n) is 12.9. The van der Waals surface area contributed by atoms with Crippen LogP contribution < -0.4 is 5.32 Å². The minimum Gasteiger partial charge on any atom is -0.352 e. The average Bonchev–Trinajstić information content (AvgIpc) is 3.21. The summed E-state index contributed by atoms with van der Waals surface area (Å²) < 4.78 is 0. The molecule has 0 saturated heterocycles. The fourth-order valence-electron chi connectivity index (χ4n) is 2.36. The smallest absolute Gasteiger partial charge is 0.220 e. The third-order valence-electron chi connectivity index (χ3n) is 3.47. The number of amides is 1. The van der Waals surface area contributed by atoms with E-state index in [0.29, 0.717) is 13.0 Å². The number of carbonyl (C=O) groups is 1.